The molecular weight excluding hydrogens is 438 g/mol. The lowest BCUT2D eigenvalue weighted by Crippen LogP contribution is -2.14. The van der Waals surface area contributed by atoms with E-state index < -0.39 is 11.6 Å². The Kier molecular flexibility index (Phi) is 8.95. The minimum Gasteiger partial charge on any atom is -0.490 e. The van der Waals surface area contributed by atoms with Gasteiger partial charge in [0, 0.05) is 5.56 Å². The van der Waals surface area contributed by atoms with Crippen LogP contribution in [0.2, 0.25) is 0 Å². The second-order valence-corrected chi connectivity index (χ2v) is 10.0. The average molecular weight is 477 g/mol. The third-order valence-electron chi connectivity index (χ3n) is 7.45. The summed E-state index contributed by atoms with van der Waals surface area (Å²) in [5.41, 5.74) is 5.18. The molecule has 3 aromatic carbocycles. The van der Waals surface area contributed by atoms with Crippen LogP contribution < -0.4 is 4.74 Å². The molecule has 0 heterocycles. The molecule has 0 amide bonds. The molecule has 1 saturated carbocycles. The average Bonchev–Trinajstić information content (AvgIpc) is 2.90. The second kappa shape index (κ2) is 12.3. The maximum atomic E-state index is 14.6. The zero-order chi connectivity index (χ0) is 24.6. The van der Waals surface area contributed by atoms with Gasteiger partial charge in [-0.15, -0.1) is 0 Å². The summed E-state index contributed by atoms with van der Waals surface area (Å²) in [7, 11) is 0. The molecule has 1 aliphatic carbocycles. The number of halogens is 2. The Balaban J connectivity index is 1.28. The molecule has 35 heavy (non-hydrogen) atoms. The summed E-state index contributed by atoms with van der Waals surface area (Å²) in [6.45, 7) is 4.54. The Morgan fingerprint density at radius 3 is 2.03 bits per heavy atom. The van der Waals surface area contributed by atoms with Crippen molar-refractivity contribution in [3.8, 4) is 16.9 Å². The lowest BCUT2D eigenvalue weighted by Gasteiger charge is -2.29. The predicted octanol–water partition coefficient (Wildman–Crippen LogP) is 9.28. The van der Waals surface area contributed by atoms with Crippen LogP contribution in [-0.4, -0.2) is 6.61 Å². The third-order valence-corrected chi connectivity index (χ3v) is 7.45. The van der Waals surface area contributed by atoms with Gasteiger partial charge in [-0.1, -0.05) is 68.8 Å². The fraction of sp³-hybridized carbons (Fsp3) is 0.438. The smallest absolute Gasteiger partial charge is 0.201 e. The highest BCUT2D eigenvalue weighted by Crippen LogP contribution is 2.38. The Morgan fingerprint density at radius 2 is 1.37 bits per heavy atom. The molecule has 1 fully saturated rings. The highest BCUT2D eigenvalue weighted by Gasteiger charge is 2.22. The zero-order valence-corrected chi connectivity index (χ0v) is 21.2. The SMILES string of the molecule is CCCOc1ccc(-c2ccc(CCC3CCC(c4ccc(CCC)cc4)CC3)cc2)c(F)c1F. The molecule has 3 heteroatoms. The first-order valence-electron chi connectivity index (χ1n) is 13.4. The van der Waals surface area contributed by atoms with E-state index in [0.717, 1.165) is 18.8 Å². The number of ether oxygens (including phenoxy) is 1. The van der Waals surface area contributed by atoms with Crippen molar-refractivity contribution in [2.75, 3.05) is 6.61 Å². The highest BCUT2D eigenvalue weighted by atomic mass is 19.2. The fourth-order valence-electron chi connectivity index (χ4n) is 5.33. The van der Waals surface area contributed by atoms with Gasteiger partial charge in [0.2, 0.25) is 5.82 Å². The second-order valence-electron chi connectivity index (χ2n) is 10.0. The summed E-state index contributed by atoms with van der Waals surface area (Å²) < 4.78 is 34.3. The number of rotatable bonds is 10. The van der Waals surface area contributed by atoms with Crippen LogP contribution in [0.4, 0.5) is 8.78 Å². The van der Waals surface area contributed by atoms with Gasteiger partial charge in [0.05, 0.1) is 6.61 Å². The highest BCUT2D eigenvalue weighted by molar-refractivity contribution is 5.65. The van der Waals surface area contributed by atoms with Crippen molar-refractivity contribution >= 4 is 0 Å². The van der Waals surface area contributed by atoms with E-state index in [1.807, 2.05) is 19.1 Å². The van der Waals surface area contributed by atoms with E-state index in [9.17, 15) is 8.78 Å². The van der Waals surface area contributed by atoms with Crippen LogP contribution in [0.1, 0.15) is 81.4 Å². The minimum atomic E-state index is -0.910. The summed E-state index contributed by atoms with van der Waals surface area (Å²) in [6, 6.07) is 20.3. The predicted molar refractivity (Wildman–Crippen MR) is 141 cm³/mol. The van der Waals surface area contributed by atoms with Gasteiger partial charge in [0.1, 0.15) is 0 Å². The zero-order valence-electron chi connectivity index (χ0n) is 21.2. The van der Waals surface area contributed by atoms with E-state index in [-0.39, 0.29) is 11.3 Å². The molecular formula is C32H38F2O. The maximum Gasteiger partial charge on any atom is 0.201 e. The van der Waals surface area contributed by atoms with Crippen LogP contribution in [0.15, 0.2) is 60.7 Å². The van der Waals surface area contributed by atoms with Crippen molar-refractivity contribution in [2.24, 2.45) is 5.92 Å². The first kappa shape index (κ1) is 25.4. The van der Waals surface area contributed by atoms with Gasteiger partial charge in [-0.3, -0.25) is 0 Å². The van der Waals surface area contributed by atoms with Gasteiger partial charge in [-0.25, -0.2) is 4.39 Å². The van der Waals surface area contributed by atoms with Gasteiger partial charge < -0.3 is 4.74 Å². The lowest BCUT2D eigenvalue weighted by atomic mass is 9.77. The summed E-state index contributed by atoms with van der Waals surface area (Å²) in [5, 5.41) is 0. The molecule has 3 aromatic rings. The molecule has 0 atom stereocenters. The third kappa shape index (κ3) is 6.51. The molecule has 186 valence electrons. The Bertz CT molecular complexity index is 1060. The molecule has 1 aliphatic rings. The van der Waals surface area contributed by atoms with Crippen LogP contribution in [0, 0.1) is 17.6 Å². The number of benzene rings is 3. The summed E-state index contributed by atoms with van der Waals surface area (Å²) in [5.74, 6) is -0.300. The van der Waals surface area contributed by atoms with Gasteiger partial charge in [-0.05, 0) is 97.6 Å². The van der Waals surface area contributed by atoms with Gasteiger partial charge in [-0.2, -0.15) is 4.39 Å². The normalized spacial score (nSPS) is 17.9. The Morgan fingerprint density at radius 1 is 0.714 bits per heavy atom. The van der Waals surface area contributed by atoms with E-state index in [4.69, 9.17) is 4.74 Å². The van der Waals surface area contributed by atoms with Gasteiger partial charge in [0.15, 0.2) is 11.6 Å². The first-order chi connectivity index (χ1) is 17.1. The van der Waals surface area contributed by atoms with E-state index in [1.54, 1.807) is 6.07 Å². The van der Waals surface area contributed by atoms with Crippen molar-refractivity contribution in [2.45, 2.75) is 77.6 Å². The molecule has 0 N–H and O–H groups in total. The molecule has 0 bridgehead atoms. The van der Waals surface area contributed by atoms with Crippen molar-refractivity contribution in [1.82, 2.24) is 0 Å². The minimum absolute atomic E-state index is 0.0204. The Hall–Kier alpha value is -2.68. The molecule has 4 rings (SSSR count). The van der Waals surface area contributed by atoms with Crippen LogP contribution >= 0.6 is 0 Å². The standard InChI is InChI=1S/C32H38F2O/c1-3-5-23-8-14-26(15-9-23)27-16-10-24(11-17-27)6-7-25-12-18-28(19-13-25)29-20-21-30(35-22-4-2)32(34)31(29)33/h8-9,12-15,18-21,24,27H,3-7,10-11,16-17,22H2,1-2H3. The van der Waals surface area contributed by atoms with Crippen molar-refractivity contribution in [3.05, 3.63) is 89.0 Å². The quantitative estimate of drug-likeness (QED) is 0.283. The van der Waals surface area contributed by atoms with Crippen LogP contribution in [0.25, 0.3) is 11.1 Å². The molecule has 1 nitrogen and oxygen atoms in total. The maximum absolute atomic E-state index is 14.6. The van der Waals surface area contributed by atoms with Gasteiger partial charge >= 0.3 is 0 Å². The molecule has 0 radical (unpaired) electrons. The molecule has 0 spiro atoms. The number of aryl methyl sites for hydroxylation is 2. The topological polar surface area (TPSA) is 9.23 Å². The molecule has 0 aromatic heterocycles. The van der Waals surface area contributed by atoms with E-state index in [1.165, 1.54) is 67.7 Å². The monoisotopic (exact) mass is 476 g/mol. The summed E-state index contributed by atoms with van der Waals surface area (Å²) in [6.07, 6.45) is 10.5. The van der Waals surface area contributed by atoms with Crippen LogP contribution in [0.3, 0.4) is 0 Å². The first-order valence-corrected chi connectivity index (χ1v) is 13.4. The van der Waals surface area contributed by atoms with Gasteiger partial charge in [0.25, 0.3) is 0 Å². The molecule has 0 aliphatic heterocycles. The Labute approximate surface area is 209 Å². The lowest BCUT2D eigenvalue weighted by molar-refractivity contribution is 0.295. The number of hydrogen-bond donors (Lipinski definition) is 0. The van der Waals surface area contributed by atoms with E-state index in [2.05, 4.69) is 43.3 Å². The summed E-state index contributed by atoms with van der Waals surface area (Å²) in [4.78, 5) is 0. The molecule has 0 saturated heterocycles. The fourth-order valence-corrected chi connectivity index (χ4v) is 5.33. The van der Waals surface area contributed by atoms with Crippen LogP contribution in [-0.2, 0) is 12.8 Å². The van der Waals surface area contributed by atoms with Crippen molar-refractivity contribution in [1.29, 1.82) is 0 Å². The van der Waals surface area contributed by atoms with Crippen molar-refractivity contribution in [3.63, 3.8) is 0 Å². The van der Waals surface area contributed by atoms with E-state index >= 15 is 0 Å². The largest absolute Gasteiger partial charge is 0.490 e. The van der Waals surface area contributed by atoms with Crippen LogP contribution in [0.5, 0.6) is 5.75 Å². The number of hydrogen-bond acceptors (Lipinski definition) is 1. The van der Waals surface area contributed by atoms with Crippen molar-refractivity contribution < 1.29 is 13.5 Å². The molecule has 0 unspecified atom stereocenters. The van der Waals surface area contributed by atoms with E-state index in [0.29, 0.717) is 18.1 Å². The summed E-state index contributed by atoms with van der Waals surface area (Å²) >= 11 is 0.